The Morgan fingerprint density at radius 2 is 1.83 bits per heavy atom. The van der Waals surface area contributed by atoms with Crippen molar-refractivity contribution in [2.75, 3.05) is 11.5 Å². The minimum absolute atomic E-state index is 0.561. The van der Waals surface area contributed by atoms with Gasteiger partial charge in [-0.25, -0.2) is 4.98 Å². The zero-order valence-electron chi connectivity index (χ0n) is 9.97. The monoisotopic (exact) mass is 239 g/mol. The number of rotatable bonds is 1. The summed E-state index contributed by atoms with van der Waals surface area (Å²) in [5.41, 5.74) is 16.3. The Bertz CT molecular complexity index is 711. The summed E-state index contributed by atoms with van der Waals surface area (Å²) in [7, 11) is 0. The van der Waals surface area contributed by atoms with Crippen LogP contribution in [0, 0.1) is 6.92 Å². The molecule has 3 aromatic rings. The minimum Gasteiger partial charge on any atom is -0.436 e. The first-order valence-corrected chi connectivity index (χ1v) is 5.65. The SMILES string of the molecule is Cc1cc(N)cc(-c2nc3cc(N)ccc3o2)c1. The maximum absolute atomic E-state index is 5.83. The van der Waals surface area contributed by atoms with Gasteiger partial charge in [0.15, 0.2) is 5.58 Å². The number of nitrogen functional groups attached to an aromatic ring is 2. The molecule has 1 aromatic heterocycles. The quantitative estimate of drug-likeness (QED) is 0.640. The van der Waals surface area contributed by atoms with Gasteiger partial charge in [0.2, 0.25) is 5.89 Å². The zero-order valence-corrected chi connectivity index (χ0v) is 9.97. The van der Waals surface area contributed by atoms with Gasteiger partial charge in [0.05, 0.1) is 0 Å². The maximum atomic E-state index is 5.83. The summed E-state index contributed by atoms with van der Waals surface area (Å²) in [5, 5.41) is 0. The fraction of sp³-hybridized carbons (Fsp3) is 0.0714. The molecule has 4 nitrogen and oxygen atoms in total. The molecule has 0 atom stereocenters. The van der Waals surface area contributed by atoms with Gasteiger partial charge in [0, 0.05) is 16.9 Å². The number of anilines is 2. The molecule has 90 valence electrons. The van der Waals surface area contributed by atoms with Crippen LogP contribution in [0.1, 0.15) is 5.56 Å². The first-order chi connectivity index (χ1) is 8.61. The van der Waals surface area contributed by atoms with E-state index in [1.165, 1.54) is 0 Å². The Balaban J connectivity index is 2.19. The van der Waals surface area contributed by atoms with Crippen molar-refractivity contribution < 1.29 is 4.42 Å². The van der Waals surface area contributed by atoms with Crippen molar-refractivity contribution in [2.24, 2.45) is 0 Å². The van der Waals surface area contributed by atoms with E-state index in [1.54, 1.807) is 12.1 Å². The van der Waals surface area contributed by atoms with Gasteiger partial charge in [0.1, 0.15) is 5.52 Å². The predicted octanol–water partition coefficient (Wildman–Crippen LogP) is 2.97. The molecule has 3 rings (SSSR count). The van der Waals surface area contributed by atoms with Crippen LogP contribution in [0.2, 0.25) is 0 Å². The number of fused-ring (bicyclic) bond motifs is 1. The Kier molecular flexibility index (Phi) is 2.23. The summed E-state index contributed by atoms with van der Waals surface area (Å²) < 4.78 is 5.70. The lowest BCUT2D eigenvalue weighted by atomic mass is 10.1. The molecule has 1 heterocycles. The number of oxazole rings is 1. The van der Waals surface area contributed by atoms with Crippen LogP contribution in [-0.4, -0.2) is 4.98 Å². The summed E-state index contributed by atoms with van der Waals surface area (Å²) in [5.74, 6) is 0.561. The molecule has 0 unspecified atom stereocenters. The number of nitrogens with zero attached hydrogens (tertiary/aromatic N) is 1. The van der Waals surface area contributed by atoms with Crippen molar-refractivity contribution in [3.63, 3.8) is 0 Å². The second kappa shape index (κ2) is 3.77. The van der Waals surface area contributed by atoms with Crippen LogP contribution in [0.3, 0.4) is 0 Å². The van der Waals surface area contributed by atoms with Gasteiger partial charge < -0.3 is 15.9 Å². The highest BCUT2D eigenvalue weighted by molar-refractivity contribution is 5.79. The maximum Gasteiger partial charge on any atom is 0.227 e. The molecule has 0 aliphatic rings. The zero-order chi connectivity index (χ0) is 12.7. The largest absolute Gasteiger partial charge is 0.436 e. The third-order valence-electron chi connectivity index (χ3n) is 2.76. The fourth-order valence-corrected chi connectivity index (χ4v) is 2.00. The lowest BCUT2D eigenvalue weighted by molar-refractivity contribution is 0.620. The van der Waals surface area contributed by atoms with E-state index >= 15 is 0 Å². The van der Waals surface area contributed by atoms with Gasteiger partial charge in [-0.3, -0.25) is 0 Å². The van der Waals surface area contributed by atoms with E-state index in [0.717, 1.165) is 22.2 Å². The van der Waals surface area contributed by atoms with E-state index in [2.05, 4.69) is 4.98 Å². The van der Waals surface area contributed by atoms with Crippen molar-refractivity contribution in [3.8, 4) is 11.5 Å². The van der Waals surface area contributed by atoms with Crippen LogP contribution >= 0.6 is 0 Å². The highest BCUT2D eigenvalue weighted by atomic mass is 16.3. The van der Waals surface area contributed by atoms with E-state index in [-0.39, 0.29) is 0 Å². The van der Waals surface area contributed by atoms with Gasteiger partial charge in [-0.1, -0.05) is 0 Å². The average Bonchev–Trinajstić information content (AvgIpc) is 2.70. The van der Waals surface area contributed by atoms with E-state index in [9.17, 15) is 0 Å². The molecule has 0 spiro atoms. The molecule has 2 aromatic carbocycles. The predicted molar refractivity (Wildman–Crippen MR) is 73.0 cm³/mol. The van der Waals surface area contributed by atoms with Crippen molar-refractivity contribution in [3.05, 3.63) is 42.0 Å². The Hall–Kier alpha value is -2.49. The van der Waals surface area contributed by atoms with Gasteiger partial charge in [0.25, 0.3) is 0 Å². The smallest absolute Gasteiger partial charge is 0.227 e. The number of hydrogen-bond acceptors (Lipinski definition) is 4. The topological polar surface area (TPSA) is 78.1 Å². The third-order valence-corrected chi connectivity index (χ3v) is 2.76. The van der Waals surface area contributed by atoms with Crippen molar-refractivity contribution >= 4 is 22.5 Å². The highest BCUT2D eigenvalue weighted by Crippen LogP contribution is 2.27. The summed E-state index contributed by atoms with van der Waals surface area (Å²) in [6.45, 7) is 1.99. The van der Waals surface area contributed by atoms with Crippen LogP contribution in [0.25, 0.3) is 22.6 Å². The van der Waals surface area contributed by atoms with E-state index in [1.807, 2.05) is 31.2 Å². The van der Waals surface area contributed by atoms with Crippen LogP contribution in [0.4, 0.5) is 11.4 Å². The number of aryl methyl sites for hydroxylation is 1. The van der Waals surface area contributed by atoms with Crippen LogP contribution in [0.5, 0.6) is 0 Å². The first-order valence-electron chi connectivity index (χ1n) is 5.65. The van der Waals surface area contributed by atoms with Crippen LogP contribution in [0.15, 0.2) is 40.8 Å². The summed E-state index contributed by atoms with van der Waals surface area (Å²) in [6.07, 6.45) is 0. The first kappa shape index (κ1) is 10.7. The van der Waals surface area contributed by atoms with Crippen molar-refractivity contribution in [2.45, 2.75) is 6.92 Å². The molecular weight excluding hydrogens is 226 g/mol. The molecule has 0 bridgehead atoms. The standard InChI is InChI=1S/C14H13N3O/c1-8-4-9(6-11(16)5-8)14-17-12-7-10(15)2-3-13(12)18-14/h2-7H,15-16H2,1H3. The Labute approximate surface area is 104 Å². The lowest BCUT2D eigenvalue weighted by Gasteiger charge is -2.00. The summed E-state index contributed by atoms with van der Waals surface area (Å²) in [4.78, 5) is 4.42. The van der Waals surface area contributed by atoms with Gasteiger partial charge >= 0.3 is 0 Å². The van der Waals surface area contributed by atoms with E-state index in [0.29, 0.717) is 17.3 Å². The molecule has 0 fully saturated rings. The Morgan fingerprint density at radius 1 is 1.00 bits per heavy atom. The van der Waals surface area contributed by atoms with Crippen molar-refractivity contribution in [1.82, 2.24) is 4.98 Å². The minimum atomic E-state index is 0.561. The van der Waals surface area contributed by atoms with Gasteiger partial charge in [-0.05, 0) is 48.9 Å². The number of benzene rings is 2. The highest BCUT2D eigenvalue weighted by Gasteiger charge is 2.09. The van der Waals surface area contributed by atoms with Gasteiger partial charge in [-0.15, -0.1) is 0 Å². The summed E-state index contributed by atoms with van der Waals surface area (Å²) in [6, 6.07) is 11.2. The molecule has 4 N–H and O–H groups in total. The van der Waals surface area contributed by atoms with Crippen LogP contribution < -0.4 is 11.5 Å². The number of nitrogens with two attached hydrogens (primary N) is 2. The molecule has 0 radical (unpaired) electrons. The fourth-order valence-electron chi connectivity index (χ4n) is 2.00. The van der Waals surface area contributed by atoms with Gasteiger partial charge in [-0.2, -0.15) is 0 Å². The molecule has 0 amide bonds. The number of hydrogen-bond donors (Lipinski definition) is 2. The Morgan fingerprint density at radius 3 is 2.61 bits per heavy atom. The molecule has 0 aliphatic carbocycles. The molecule has 18 heavy (non-hydrogen) atoms. The van der Waals surface area contributed by atoms with E-state index < -0.39 is 0 Å². The summed E-state index contributed by atoms with van der Waals surface area (Å²) >= 11 is 0. The third kappa shape index (κ3) is 1.78. The average molecular weight is 239 g/mol. The second-order valence-electron chi connectivity index (χ2n) is 4.38. The molecule has 4 heteroatoms. The number of aromatic nitrogens is 1. The lowest BCUT2D eigenvalue weighted by Crippen LogP contribution is -1.87. The second-order valence-corrected chi connectivity index (χ2v) is 4.38. The normalized spacial score (nSPS) is 10.9. The molecule has 0 saturated heterocycles. The molecule has 0 aliphatic heterocycles. The van der Waals surface area contributed by atoms with Crippen molar-refractivity contribution in [1.29, 1.82) is 0 Å². The molecule has 0 saturated carbocycles. The van der Waals surface area contributed by atoms with Crippen LogP contribution in [-0.2, 0) is 0 Å². The van der Waals surface area contributed by atoms with E-state index in [4.69, 9.17) is 15.9 Å². The molecular formula is C14H13N3O.